The van der Waals surface area contributed by atoms with E-state index in [4.69, 9.17) is 21.5 Å². The van der Waals surface area contributed by atoms with E-state index in [1.807, 2.05) is 42.5 Å². The lowest BCUT2D eigenvalue weighted by molar-refractivity contribution is -0.192. The molecule has 2 amide bonds. The maximum Gasteiger partial charge on any atom is 0.490 e. The number of alkyl halides is 3. The number of piperidine rings is 1. The molecule has 4 rings (SSSR count). The van der Waals surface area contributed by atoms with Crippen LogP contribution >= 0.6 is 11.6 Å². The molecule has 1 fully saturated rings. The number of aromatic nitrogens is 1. The molecule has 2 heterocycles. The number of anilines is 1. The Labute approximate surface area is 235 Å². The number of hydrogen-bond donors (Lipinski definition) is 3. The third-order valence-corrected chi connectivity index (χ3v) is 6.87. The molecule has 3 N–H and O–H groups in total. The van der Waals surface area contributed by atoms with Crippen molar-refractivity contribution in [1.82, 2.24) is 15.2 Å². The van der Waals surface area contributed by atoms with Crippen LogP contribution in [0.2, 0.25) is 5.02 Å². The van der Waals surface area contributed by atoms with Crippen molar-refractivity contribution in [2.24, 2.45) is 5.92 Å². The van der Waals surface area contributed by atoms with Gasteiger partial charge >= 0.3 is 12.1 Å². The fraction of sp³-hybridized carbons (Fsp3) is 0.393. The first-order chi connectivity index (χ1) is 18.8. The smallest absolute Gasteiger partial charge is 0.475 e. The number of carboxylic acid groups (broad SMARTS) is 1. The van der Waals surface area contributed by atoms with Gasteiger partial charge in [0.1, 0.15) is 12.2 Å². The molecule has 216 valence electrons. The Kier molecular flexibility index (Phi) is 10.6. The van der Waals surface area contributed by atoms with Gasteiger partial charge in [-0.3, -0.25) is 14.5 Å². The second-order valence-corrected chi connectivity index (χ2v) is 10.3. The van der Waals surface area contributed by atoms with Crippen LogP contribution in [0.15, 0.2) is 54.6 Å². The van der Waals surface area contributed by atoms with Crippen molar-refractivity contribution in [1.29, 1.82) is 0 Å². The first-order valence-corrected chi connectivity index (χ1v) is 13.2. The lowest BCUT2D eigenvalue weighted by Gasteiger charge is -2.34. The molecule has 1 saturated heterocycles. The van der Waals surface area contributed by atoms with Crippen LogP contribution in [-0.2, 0) is 9.59 Å². The summed E-state index contributed by atoms with van der Waals surface area (Å²) in [5.41, 5.74) is 1.93. The zero-order valence-electron chi connectivity index (χ0n) is 22.2. The molecule has 0 radical (unpaired) electrons. The number of H-pyrrole nitrogens is 1. The summed E-state index contributed by atoms with van der Waals surface area (Å²) in [7, 11) is 0. The van der Waals surface area contributed by atoms with Crippen LogP contribution in [0, 0.1) is 5.92 Å². The van der Waals surface area contributed by atoms with Gasteiger partial charge in [-0.05, 0) is 82.1 Å². The number of nitrogens with zero attached hydrogens (tertiary/aromatic N) is 2. The van der Waals surface area contributed by atoms with Crippen molar-refractivity contribution in [3.05, 3.63) is 65.3 Å². The number of aliphatic carboxylic acids is 1. The van der Waals surface area contributed by atoms with Gasteiger partial charge in [0.2, 0.25) is 5.91 Å². The molecular weight excluding hydrogens is 549 g/mol. The lowest BCUT2D eigenvalue weighted by atomic mass is 9.96. The zero-order valence-corrected chi connectivity index (χ0v) is 22.9. The fourth-order valence-electron chi connectivity index (χ4n) is 4.38. The normalized spacial score (nSPS) is 14.5. The van der Waals surface area contributed by atoms with Crippen LogP contribution in [0.1, 0.15) is 37.2 Å². The Morgan fingerprint density at radius 1 is 1.10 bits per heavy atom. The SMILES string of the molecule is CC(C)N1CCC(CNC(=O)CN(C(=O)c2cc3cc(Cl)ccc3[nH]2)c2ccccc2)CC1.O=C(O)C(F)(F)F. The van der Waals surface area contributed by atoms with Crippen LogP contribution in [0.5, 0.6) is 0 Å². The summed E-state index contributed by atoms with van der Waals surface area (Å²) in [6.07, 6.45) is -2.92. The highest BCUT2D eigenvalue weighted by Crippen LogP contribution is 2.23. The summed E-state index contributed by atoms with van der Waals surface area (Å²) in [5, 5.41) is 11.7. The van der Waals surface area contributed by atoms with Gasteiger partial charge in [-0.2, -0.15) is 13.2 Å². The van der Waals surface area contributed by atoms with E-state index in [0.29, 0.717) is 34.9 Å². The molecule has 40 heavy (non-hydrogen) atoms. The van der Waals surface area contributed by atoms with Crippen LogP contribution in [-0.4, -0.2) is 71.2 Å². The van der Waals surface area contributed by atoms with Crippen molar-refractivity contribution >= 4 is 46.0 Å². The summed E-state index contributed by atoms with van der Waals surface area (Å²) in [6, 6.07) is 17.1. The highest BCUT2D eigenvalue weighted by molar-refractivity contribution is 6.31. The highest BCUT2D eigenvalue weighted by Gasteiger charge is 2.38. The van der Waals surface area contributed by atoms with Crippen molar-refractivity contribution in [2.45, 2.75) is 38.9 Å². The Morgan fingerprint density at radius 3 is 2.30 bits per heavy atom. The Morgan fingerprint density at radius 2 is 1.73 bits per heavy atom. The van der Waals surface area contributed by atoms with Gasteiger partial charge in [-0.1, -0.05) is 29.8 Å². The average molecular weight is 581 g/mol. The van der Waals surface area contributed by atoms with E-state index in [9.17, 15) is 22.8 Å². The minimum atomic E-state index is -5.08. The van der Waals surface area contributed by atoms with E-state index in [1.165, 1.54) is 4.90 Å². The largest absolute Gasteiger partial charge is 0.490 e. The molecular formula is C28H32ClF3N4O4. The van der Waals surface area contributed by atoms with Gasteiger partial charge < -0.3 is 20.3 Å². The number of nitrogens with one attached hydrogen (secondary N) is 2. The molecule has 0 spiro atoms. The van der Waals surface area contributed by atoms with Gasteiger partial charge in [0.25, 0.3) is 5.91 Å². The molecule has 1 aliphatic rings. The number of amides is 2. The number of fused-ring (bicyclic) bond motifs is 1. The van der Waals surface area contributed by atoms with Crippen molar-refractivity contribution in [3.8, 4) is 0 Å². The molecule has 12 heteroatoms. The maximum atomic E-state index is 13.4. The number of halogens is 4. The van der Waals surface area contributed by atoms with Gasteiger partial charge in [-0.15, -0.1) is 0 Å². The second kappa shape index (κ2) is 13.7. The fourth-order valence-corrected chi connectivity index (χ4v) is 4.56. The summed E-state index contributed by atoms with van der Waals surface area (Å²) in [6.45, 7) is 7.18. The number of rotatable bonds is 7. The number of carboxylic acids is 1. The predicted octanol–water partition coefficient (Wildman–Crippen LogP) is 5.34. The van der Waals surface area contributed by atoms with Crippen LogP contribution in [0.3, 0.4) is 0 Å². The molecule has 0 atom stereocenters. The number of carbonyl (C=O) groups excluding carboxylic acids is 2. The minimum Gasteiger partial charge on any atom is -0.475 e. The van der Waals surface area contributed by atoms with E-state index in [2.05, 4.69) is 29.0 Å². The Bertz CT molecular complexity index is 1310. The number of hydrogen-bond acceptors (Lipinski definition) is 4. The van der Waals surface area contributed by atoms with Crippen molar-refractivity contribution in [2.75, 3.05) is 31.1 Å². The van der Waals surface area contributed by atoms with Gasteiger partial charge in [0.15, 0.2) is 0 Å². The third kappa shape index (κ3) is 8.72. The standard InChI is InChI=1S/C26H31ClN4O2.C2HF3O2/c1-18(2)30-12-10-19(11-13-30)16-28-25(32)17-31(22-6-4-3-5-7-22)26(33)24-15-20-14-21(27)8-9-23(20)29-24;3-2(4,5)1(6)7/h3-9,14-15,18-19,29H,10-13,16-17H2,1-2H3,(H,28,32);(H,6,7). The van der Waals surface area contributed by atoms with Gasteiger partial charge in [-0.25, -0.2) is 4.79 Å². The Hall–Kier alpha value is -3.57. The number of para-hydroxylation sites is 1. The monoisotopic (exact) mass is 580 g/mol. The lowest BCUT2D eigenvalue weighted by Crippen LogP contribution is -2.44. The van der Waals surface area contributed by atoms with Crippen molar-refractivity contribution in [3.63, 3.8) is 0 Å². The average Bonchev–Trinajstić information content (AvgIpc) is 3.34. The minimum absolute atomic E-state index is 0.0379. The number of aromatic amines is 1. The van der Waals surface area contributed by atoms with E-state index < -0.39 is 12.1 Å². The topological polar surface area (TPSA) is 106 Å². The summed E-state index contributed by atoms with van der Waals surface area (Å²) >= 11 is 6.09. The van der Waals surface area contributed by atoms with Crippen LogP contribution < -0.4 is 10.2 Å². The molecule has 1 aromatic heterocycles. The highest BCUT2D eigenvalue weighted by atomic mass is 35.5. The van der Waals surface area contributed by atoms with Crippen LogP contribution in [0.4, 0.5) is 18.9 Å². The molecule has 0 bridgehead atoms. The first kappa shape index (κ1) is 31.0. The summed E-state index contributed by atoms with van der Waals surface area (Å²) < 4.78 is 31.7. The molecule has 8 nitrogen and oxygen atoms in total. The number of benzene rings is 2. The van der Waals surface area contributed by atoms with E-state index in [1.54, 1.807) is 12.1 Å². The van der Waals surface area contributed by atoms with E-state index in [0.717, 1.165) is 36.8 Å². The predicted molar refractivity (Wildman–Crippen MR) is 148 cm³/mol. The second-order valence-electron chi connectivity index (χ2n) is 9.82. The molecule has 0 saturated carbocycles. The van der Waals surface area contributed by atoms with Crippen LogP contribution in [0.25, 0.3) is 10.9 Å². The quantitative estimate of drug-likeness (QED) is 0.350. The van der Waals surface area contributed by atoms with Crippen molar-refractivity contribution < 1.29 is 32.7 Å². The molecule has 1 aliphatic heterocycles. The summed E-state index contributed by atoms with van der Waals surface area (Å²) in [5.74, 6) is -2.69. The molecule has 0 unspecified atom stereocenters. The first-order valence-electron chi connectivity index (χ1n) is 12.8. The zero-order chi connectivity index (χ0) is 29.4. The third-order valence-electron chi connectivity index (χ3n) is 6.64. The number of likely N-dealkylation sites (tertiary alicyclic amines) is 1. The Balaban J connectivity index is 0.000000559. The maximum absolute atomic E-state index is 13.4. The van der Waals surface area contributed by atoms with E-state index >= 15 is 0 Å². The molecule has 0 aliphatic carbocycles. The molecule has 3 aromatic rings. The summed E-state index contributed by atoms with van der Waals surface area (Å²) in [4.78, 5) is 42.3. The van der Waals surface area contributed by atoms with Gasteiger partial charge in [0.05, 0.1) is 0 Å². The van der Waals surface area contributed by atoms with Gasteiger partial charge in [0, 0.05) is 34.2 Å². The number of carbonyl (C=O) groups is 3. The molecule has 2 aromatic carbocycles. The van der Waals surface area contributed by atoms with E-state index in [-0.39, 0.29) is 18.4 Å².